The highest BCUT2D eigenvalue weighted by atomic mass is 32.1. The molecule has 4 rings (SSSR count). The predicted molar refractivity (Wildman–Crippen MR) is 137 cm³/mol. The van der Waals surface area contributed by atoms with Crippen molar-refractivity contribution in [2.75, 3.05) is 6.54 Å². The molecular formula is C26H38N4O4S. The van der Waals surface area contributed by atoms with Crippen LogP contribution in [0.4, 0.5) is 4.79 Å². The number of rotatable bonds is 7. The quantitative estimate of drug-likeness (QED) is 0.559. The Hall–Kier alpha value is -2.42. The van der Waals surface area contributed by atoms with Crippen LogP contribution in [0.5, 0.6) is 5.88 Å². The summed E-state index contributed by atoms with van der Waals surface area (Å²) >= 11 is 1.71. The molecule has 0 aromatic carbocycles. The minimum atomic E-state index is -0.503. The summed E-state index contributed by atoms with van der Waals surface area (Å²) in [6, 6.07) is 0.158. The molecule has 2 aromatic heterocycles. The van der Waals surface area contributed by atoms with Gasteiger partial charge in [-0.1, -0.05) is 6.92 Å². The Labute approximate surface area is 211 Å². The number of ether oxygens (including phenoxy) is 2. The van der Waals surface area contributed by atoms with E-state index in [1.807, 2.05) is 39.5 Å². The first-order valence-electron chi connectivity index (χ1n) is 12.8. The summed E-state index contributed by atoms with van der Waals surface area (Å²) in [5.74, 6) is 0.498. The molecule has 0 aliphatic heterocycles. The van der Waals surface area contributed by atoms with Crippen LogP contribution in [0.1, 0.15) is 89.5 Å². The van der Waals surface area contributed by atoms with Gasteiger partial charge in [0.2, 0.25) is 11.8 Å². The zero-order chi connectivity index (χ0) is 25.3. The van der Waals surface area contributed by atoms with Crippen LogP contribution < -0.4 is 10.5 Å². The van der Waals surface area contributed by atoms with Crippen LogP contribution in [0.2, 0.25) is 0 Å². The molecule has 0 unspecified atom stereocenters. The SMILES string of the molecule is CCN(C(=O)OC(C)(C)C)[C@H]1CC[C@H](Oc2ncnc3sc4c(c23)[C@@H](C[C@@H](C)C(N)=O)CC4)CC1. The highest BCUT2D eigenvalue weighted by molar-refractivity contribution is 7.19. The second-order valence-corrected chi connectivity index (χ2v) is 12.0. The number of amides is 2. The van der Waals surface area contributed by atoms with Crippen molar-refractivity contribution in [2.45, 2.75) is 103 Å². The molecule has 2 amide bonds. The van der Waals surface area contributed by atoms with Gasteiger partial charge < -0.3 is 20.1 Å². The van der Waals surface area contributed by atoms with Crippen LogP contribution >= 0.6 is 11.3 Å². The van der Waals surface area contributed by atoms with Gasteiger partial charge in [0.05, 0.1) is 5.39 Å². The summed E-state index contributed by atoms with van der Waals surface area (Å²) in [5.41, 5.74) is 6.30. The molecule has 0 radical (unpaired) electrons. The summed E-state index contributed by atoms with van der Waals surface area (Å²) in [5, 5.41) is 1.01. The average molecular weight is 503 g/mol. The Bertz CT molecular complexity index is 1070. The van der Waals surface area contributed by atoms with Crippen LogP contribution in [-0.2, 0) is 16.0 Å². The van der Waals surface area contributed by atoms with E-state index >= 15 is 0 Å². The summed E-state index contributed by atoms with van der Waals surface area (Å²) < 4.78 is 12.1. The summed E-state index contributed by atoms with van der Waals surface area (Å²) in [4.78, 5) is 37.5. The summed E-state index contributed by atoms with van der Waals surface area (Å²) in [7, 11) is 0. The second kappa shape index (κ2) is 10.3. The molecule has 2 aliphatic rings. The number of hydrogen-bond acceptors (Lipinski definition) is 7. The number of aryl methyl sites for hydroxylation is 1. The number of thiophene rings is 1. The molecule has 0 bridgehead atoms. The zero-order valence-electron chi connectivity index (χ0n) is 21.5. The minimum Gasteiger partial charge on any atom is -0.474 e. The van der Waals surface area contributed by atoms with Gasteiger partial charge in [-0.2, -0.15) is 0 Å². The van der Waals surface area contributed by atoms with E-state index < -0.39 is 5.60 Å². The molecule has 1 saturated carbocycles. The lowest BCUT2D eigenvalue weighted by Gasteiger charge is -2.37. The van der Waals surface area contributed by atoms with E-state index in [1.54, 1.807) is 17.7 Å². The number of nitrogens with two attached hydrogens (primary N) is 1. The van der Waals surface area contributed by atoms with E-state index in [1.165, 1.54) is 10.4 Å². The molecular weight excluding hydrogens is 464 g/mol. The van der Waals surface area contributed by atoms with Crippen molar-refractivity contribution in [3.63, 3.8) is 0 Å². The number of aromatic nitrogens is 2. The molecule has 2 aliphatic carbocycles. The molecule has 0 saturated heterocycles. The van der Waals surface area contributed by atoms with Crippen LogP contribution in [0, 0.1) is 5.92 Å². The van der Waals surface area contributed by atoms with Crippen molar-refractivity contribution in [3.8, 4) is 5.88 Å². The van der Waals surface area contributed by atoms with Gasteiger partial charge in [0.1, 0.15) is 22.9 Å². The highest BCUT2D eigenvalue weighted by Crippen LogP contribution is 2.48. The van der Waals surface area contributed by atoms with Gasteiger partial charge >= 0.3 is 6.09 Å². The smallest absolute Gasteiger partial charge is 0.410 e. The Morgan fingerprint density at radius 3 is 2.54 bits per heavy atom. The van der Waals surface area contributed by atoms with Gasteiger partial charge in [0.25, 0.3) is 0 Å². The van der Waals surface area contributed by atoms with E-state index in [2.05, 4.69) is 9.97 Å². The molecule has 2 heterocycles. The standard InChI is InChI=1S/C26H38N4O4S/c1-6-30(25(32)34-26(3,4)5)17-8-10-18(11-9-17)33-23-21-20-16(13-15(2)22(27)31)7-12-19(20)35-24(21)29-14-28-23/h14-18H,6-13H2,1-5H3,(H2,27,31)/t15-,16-,17-,18-/m1/s1. The largest absolute Gasteiger partial charge is 0.474 e. The van der Waals surface area contributed by atoms with Gasteiger partial charge in [-0.05, 0) is 84.1 Å². The lowest BCUT2D eigenvalue weighted by atomic mass is 9.90. The normalized spacial score (nSPS) is 23.1. The maximum Gasteiger partial charge on any atom is 0.410 e. The van der Waals surface area contributed by atoms with Crippen molar-refractivity contribution >= 4 is 33.6 Å². The van der Waals surface area contributed by atoms with E-state index in [-0.39, 0.29) is 36.0 Å². The van der Waals surface area contributed by atoms with Crippen molar-refractivity contribution in [1.29, 1.82) is 0 Å². The van der Waals surface area contributed by atoms with E-state index in [0.29, 0.717) is 12.4 Å². The van der Waals surface area contributed by atoms with E-state index in [9.17, 15) is 9.59 Å². The summed E-state index contributed by atoms with van der Waals surface area (Å²) in [6.07, 6.45) is 7.57. The van der Waals surface area contributed by atoms with Crippen molar-refractivity contribution < 1.29 is 19.1 Å². The first kappa shape index (κ1) is 25.7. The van der Waals surface area contributed by atoms with Gasteiger partial charge in [0.15, 0.2) is 0 Å². The first-order chi connectivity index (χ1) is 16.6. The number of hydrogen-bond donors (Lipinski definition) is 1. The fourth-order valence-corrected chi connectivity index (χ4v) is 6.63. The Kier molecular flexibility index (Phi) is 7.54. The highest BCUT2D eigenvalue weighted by Gasteiger charge is 2.34. The molecule has 0 spiro atoms. The molecule has 192 valence electrons. The Balaban J connectivity index is 1.46. The zero-order valence-corrected chi connectivity index (χ0v) is 22.3. The topological polar surface area (TPSA) is 108 Å². The predicted octanol–water partition coefficient (Wildman–Crippen LogP) is 5.18. The minimum absolute atomic E-state index is 0.0432. The number of fused-ring (bicyclic) bond motifs is 3. The third kappa shape index (κ3) is 5.71. The van der Waals surface area contributed by atoms with Crippen molar-refractivity contribution in [3.05, 3.63) is 16.8 Å². The fourth-order valence-electron chi connectivity index (χ4n) is 5.40. The maximum absolute atomic E-state index is 12.7. The third-order valence-corrected chi connectivity index (χ3v) is 8.32. The molecule has 35 heavy (non-hydrogen) atoms. The monoisotopic (exact) mass is 502 g/mol. The third-order valence-electron chi connectivity index (χ3n) is 7.15. The lowest BCUT2D eigenvalue weighted by Crippen LogP contribution is -2.45. The molecule has 2 atom stereocenters. The summed E-state index contributed by atoms with van der Waals surface area (Å²) in [6.45, 7) is 10.2. The number of carbonyl (C=O) groups is 2. The fraction of sp³-hybridized carbons (Fsp3) is 0.692. The van der Waals surface area contributed by atoms with Crippen LogP contribution in [0.15, 0.2) is 6.33 Å². The number of carbonyl (C=O) groups excluding carboxylic acids is 2. The van der Waals surface area contributed by atoms with Gasteiger partial charge in [-0.3, -0.25) is 4.79 Å². The second-order valence-electron chi connectivity index (χ2n) is 10.9. The van der Waals surface area contributed by atoms with Crippen molar-refractivity contribution in [2.24, 2.45) is 11.7 Å². The molecule has 8 nitrogen and oxygen atoms in total. The van der Waals surface area contributed by atoms with Crippen LogP contribution in [0.3, 0.4) is 0 Å². The van der Waals surface area contributed by atoms with E-state index in [4.69, 9.17) is 15.2 Å². The lowest BCUT2D eigenvalue weighted by molar-refractivity contribution is -0.121. The molecule has 9 heteroatoms. The molecule has 2 aromatic rings. The Morgan fingerprint density at radius 2 is 1.91 bits per heavy atom. The molecule has 2 N–H and O–H groups in total. The van der Waals surface area contributed by atoms with Crippen LogP contribution in [-0.4, -0.2) is 51.2 Å². The van der Waals surface area contributed by atoms with Gasteiger partial charge in [0, 0.05) is 23.4 Å². The number of nitrogens with zero attached hydrogens (tertiary/aromatic N) is 3. The van der Waals surface area contributed by atoms with Crippen LogP contribution in [0.25, 0.3) is 10.2 Å². The Morgan fingerprint density at radius 1 is 1.20 bits per heavy atom. The average Bonchev–Trinajstić information content (AvgIpc) is 3.34. The maximum atomic E-state index is 12.7. The first-order valence-corrected chi connectivity index (χ1v) is 13.6. The van der Waals surface area contributed by atoms with Gasteiger partial charge in [-0.15, -0.1) is 11.3 Å². The van der Waals surface area contributed by atoms with Gasteiger partial charge in [-0.25, -0.2) is 14.8 Å². The number of primary amides is 1. The van der Waals surface area contributed by atoms with E-state index in [0.717, 1.165) is 55.2 Å². The molecule has 1 fully saturated rings. The van der Waals surface area contributed by atoms with Crippen molar-refractivity contribution in [1.82, 2.24) is 14.9 Å².